The number of nitrogens with one attached hydrogen (secondary N) is 1. The van der Waals surface area contributed by atoms with Gasteiger partial charge in [-0.3, -0.25) is 0 Å². The number of carbonyl (C=O) groups excluding carboxylic acids is 1. The first-order valence-electron chi connectivity index (χ1n) is 9.10. The lowest BCUT2D eigenvalue weighted by molar-refractivity contribution is -0.140. The average Bonchev–Trinajstić information content (AvgIpc) is 3.12. The van der Waals surface area contributed by atoms with Crippen LogP contribution in [-0.2, 0) is 6.18 Å². The molecular formula is C18H24F3N3O2. The zero-order valence-corrected chi connectivity index (χ0v) is 14.8. The summed E-state index contributed by atoms with van der Waals surface area (Å²) in [6.07, 6.45) is 2.87. The third-order valence-corrected chi connectivity index (χ3v) is 5.34. The Morgan fingerprint density at radius 1 is 1.19 bits per heavy atom. The third-order valence-electron chi connectivity index (χ3n) is 5.34. The number of methoxy groups -OCH3 is 1. The Bertz CT molecular complexity index is 645. The summed E-state index contributed by atoms with van der Waals surface area (Å²) in [7, 11) is 1.25. The fourth-order valence-corrected chi connectivity index (χ4v) is 4.11. The fourth-order valence-electron chi connectivity index (χ4n) is 4.11. The van der Waals surface area contributed by atoms with E-state index in [1.54, 1.807) is 4.90 Å². The van der Waals surface area contributed by atoms with Crippen LogP contribution in [0.5, 0.6) is 5.88 Å². The summed E-state index contributed by atoms with van der Waals surface area (Å²) in [5, 5.41) is 2.43. The molecule has 1 N–H and O–H groups in total. The molecule has 26 heavy (non-hydrogen) atoms. The number of alkyl halides is 3. The van der Waals surface area contributed by atoms with E-state index in [0.29, 0.717) is 12.5 Å². The first kappa shape index (κ1) is 18.8. The van der Waals surface area contributed by atoms with Crippen molar-refractivity contribution in [2.45, 2.75) is 57.2 Å². The van der Waals surface area contributed by atoms with E-state index in [4.69, 9.17) is 4.74 Å². The van der Waals surface area contributed by atoms with E-state index in [-0.39, 0.29) is 17.6 Å². The van der Waals surface area contributed by atoms with Gasteiger partial charge in [0.25, 0.3) is 0 Å². The molecule has 0 spiro atoms. The van der Waals surface area contributed by atoms with Crippen LogP contribution in [-0.4, -0.2) is 35.6 Å². The monoisotopic (exact) mass is 371 g/mol. The maximum absolute atomic E-state index is 13.3. The van der Waals surface area contributed by atoms with Crippen molar-refractivity contribution in [3.63, 3.8) is 0 Å². The van der Waals surface area contributed by atoms with Crippen molar-refractivity contribution in [1.82, 2.24) is 9.88 Å². The molecule has 8 heteroatoms. The van der Waals surface area contributed by atoms with Gasteiger partial charge in [-0.15, -0.1) is 0 Å². The molecule has 0 bridgehead atoms. The maximum Gasteiger partial charge on any atom is 0.435 e. The molecule has 1 unspecified atom stereocenters. The SMILES string of the molecule is COc1ccc(NC(=O)N2CCCC2C2CCCCC2)c(C(F)(F)F)n1. The van der Waals surface area contributed by atoms with Gasteiger partial charge in [-0.25, -0.2) is 9.78 Å². The summed E-state index contributed by atoms with van der Waals surface area (Å²) in [5.41, 5.74) is -1.48. The van der Waals surface area contributed by atoms with Gasteiger partial charge in [-0.2, -0.15) is 13.2 Å². The van der Waals surface area contributed by atoms with E-state index >= 15 is 0 Å². The number of pyridine rings is 1. The van der Waals surface area contributed by atoms with Crippen LogP contribution in [0, 0.1) is 5.92 Å². The maximum atomic E-state index is 13.3. The number of likely N-dealkylation sites (tertiary alicyclic amines) is 1. The smallest absolute Gasteiger partial charge is 0.435 e. The van der Waals surface area contributed by atoms with Gasteiger partial charge in [0.15, 0.2) is 5.69 Å². The first-order valence-corrected chi connectivity index (χ1v) is 9.10. The Morgan fingerprint density at radius 2 is 1.92 bits per heavy atom. The molecule has 2 heterocycles. The van der Waals surface area contributed by atoms with Gasteiger partial charge in [0.05, 0.1) is 12.8 Å². The second kappa shape index (κ2) is 7.72. The molecule has 1 aliphatic heterocycles. The van der Waals surface area contributed by atoms with Crippen molar-refractivity contribution in [2.75, 3.05) is 19.0 Å². The van der Waals surface area contributed by atoms with E-state index in [1.165, 1.54) is 25.7 Å². The Balaban J connectivity index is 1.76. The summed E-state index contributed by atoms with van der Waals surface area (Å²) in [4.78, 5) is 17.9. The number of hydrogen-bond acceptors (Lipinski definition) is 3. The summed E-state index contributed by atoms with van der Waals surface area (Å²) < 4.78 is 44.6. The van der Waals surface area contributed by atoms with Crippen molar-refractivity contribution in [2.24, 2.45) is 5.92 Å². The van der Waals surface area contributed by atoms with Crippen molar-refractivity contribution < 1.29 is 22.7 Å². The van der Waals surface area contributed by atoms with Crippen molar-refractivity contribution in [1.29, 1.82) is 0 Å². The number of rotatable bonds is 3. The highest BCUT2D eigenvalue weighted by atomic mass is 19.4. The van der Waals surface area contributed by atoms with E-state index in [2.05, 4.69) is 10.3 Å². The van der Waals surface area contributed by atoms with Gasteiger partial charge < -0.3 is 15.0 Å². The zero-order valence-electron chi connectivity index (χ0n) is 14.8. The molecule has 0 radical (unpaired) electrons. The minimum Gasteiger partial charge on any atom is -0.481 e. The van der Waals surface area contributed by atoms with Crippen LogP contribution in [0.15, 0.2) is 12.1 Å². The molecule has 5 nitrogen and oxygen atoms in total. The van der Waals surface area contributed by atoms with Crippen LogP contribution in [0.1, 0.15) is 50.6 Å². The number of hydrogen-bond donors (Lipinski definition) is 1. The van der Waals surface area contributed by atoms with Crippen molar-refractivity contribution in [3.8, 4) is 5.88 Å². The topological polar surface area (TPSA) is 54.5 Å². The van der Waals surface area contributed by atoms with Crippen LogP contribution >= 0.6 is 0 Å². The fraction of sp³-hybridized carbons (Fsp3) is 0.667. The number of urea groups is 1. The first-order chi connectivity index (χ1) is 12.4. The largest absolute Gasteiger partial charge is 0.481 e. The quantitative estimate of drug-likeness (QED) is 0.839. The van der Waals surface area contributed by atoms with Gasteiger partial charge in [0.2, 0.25) is 5.88 Å². The van der Waals surface area contributed by atoms with E-state index in [0.717, 1.165) is 38.5 Å². The molecule has 1 aromatic heterocycles. The molecule has 2 fully saturated rings. The molecule has 1 atom stereocenters. The minimum absolute atomic E-state index is 0.121. The zero-order chi connectivity index (χ0) is 18.7. The number of aromatic nitrogens is 1. The van der Waals surface area contributed by atoms with Crippen LogP contribution in [0.25, 0.3) is 0 Å². The molecular weight excluding hydrogens is 347 g/mol. The molecule has 1 aromatic rings. The van der Waals surface area contributed by atoms with Crippen LogP contribution in [0.3, 0.4) is 0 Å². The van der Waals surface area contributed by atoms with Gasteiger partial charge >= 0.3 is 12.2 Å². The summed E-state index contributed by atoms with van der Waals surface area (Å²) in [6, 6.07) is 2.15. The van der Waals surface area contributed by atoms with Crippen LogP contribution in [0.4, 0.5) is 23.7 Å². The normalized spacial score (nSPS) is 21.7. The number of amides is 2. The highest BCUT2D eigenvalue weighted by Gasteiger charge is 2.39. The number of nitrogens with zero attached hydrogens (tertiary/aromatic N) is 2. The second-order valence-electron chi connectivity index (χ2n) is 6.98. The summed E-state index contributed by atoms with van der Waals surface area (Å²) >= 11 is 0. The third kappa shape index (κ3) is 4.04. The predicted octanol–water partition coefficient (Wildman–Crippen LogP) is 4.69. The number of halogens is 3. The van der Waals surface area contributed by atoms with Crippen molar-refractivity contribution in [3.05, 3.63) is 17.8 Å². The Labute approximate surface area is 150 Å². The lowest BCUT2D eigenvalue weighted by Gasteiger charge is -2.34. The number of carbonyl (C=O) groups is 1. The van der Waals surface area contributed by atoms with E-state index in [9.17, 15) is 18.0 Å². The molecule has 3 rings (SSSR count). The van der Waals surface area contributed by atoms with Gasteiger partial charge in [0, 0.05) is 18.7 Å². The average molecular weight is 371 g/mol. The Morgan fingerprint density at radius 3 is 2.58 bits per heavy atom. The Hall–Kier alpha value is -1.99. The molecule has 0 aromatic carbocycles. The lowest BCUT2D eigenvalue weighted by atomic mass is 9.83. The van der Waals surface area contributed by atoms with Gasteiger partial charge in [0.1, 0.15) is 0 Å². The highest BCUT2D eigenvalue weighted by molar-refractivity contribution is 5.90. The van der Waals surface area contributed by atoms with E-state index in [1.807, 2.05) is 0 Å². The van der Waals surface area contributed by atoms with Crippen LogP contribution in [0.2, 0.25) is 0 Å². The molecule has 144 valence electrons. The van der Waals surface area contributed by atoms with Crippen LogP contribution < -0.4 is 10.1 Å². The molecule has 1 saturated carbocycles. The number of anilines is 1. The lowest BCUT2D eigenvalue weighted by Crippen LogP contribution is -2.43. The standard InChI is InChI=1S/C18H24F3N3O2/c1-26-15-10-9-13(16(23-15)18(19,20)21)22-17(25)24-11-5-8-14(24)12-6-3-2-4-7-12/h9-10,12,14H,2-8,11H2,1H3,(H,22,25). The van der Waals surface area contributed by atoms with E-state index < -0.39 is 17.9 Å². The molecule has 2 aliphatic rings. The summed E-state index contributed by atoms with van der Waals surface area (Å²) in [5.74, 6) is 0.310. The molecule has 1 aliphatic carbocycles. The van der Waals surface area contributed by atoms with Gasteiger partial charge in [-0.05, 0) is 37.7 Å². The molecule has 1 saturated heterocycles. The Kier molecular flexibility index (Phi) is 5.58. The predicted molar refractivity (Wildman–Crippen MR) is 91.1 cm³/mol. The van der Waals surface area contributed by atoms with Gasteiger partial charge in [-0.1, -0.05) is 19.3 Å². The second-order valence-corrected chi connectivity index (χ2v) is 6.98. The van der Waals surface area contributed by atoms with Crippen molar-refractivity contribution >= 4 is 11.7 Å². The minimum atomic E-state index is -4.68. The number of ether oxygens (including phenoxy) is 1. The summed E-state index contributed by atoms with van der Waals surface area (Å²) in [6.45, 7) is 0.581. The highest BCUT2D eigenvalue weighted by Crippen LogP contribution is 2.37. The molecule has 2 amide bonds.